The summed E-state index contributed by atoms with van der Waals surface area (Å²) >= 11 is 0. The Bertz CT molecular complexity index is 599. The van der Waals surface area contributed by atoms with Crippen LogP contribution >= 0.6 is 0 Å². The molecule has 2 amide bonds. The van der Waals surface area contributed by atoms with Crippen LogP contribution in [0, 0.1) is 11.8 Å². The predicted octanol–water partition coefficient (Wildman–Crippen LogP) is 3.10. The van der Waals surface area contributed by atoms with Crippen LogP contribution in [-0.4, -0.2) is 36.3 Å². The number of hydrogen-bond donors (Lipinski definition) is 3. The van der Waals surface area contributed by atoms with Crippen molar-refractivity contribution >= 4 is 12.0 Å². The van der Waals surface area contributed by atoms with E-state index in [0.717, 1.165) is 37.9 Å². The highest BCUT2D eigenvalue weighted by atomic mass is 16.5. The zero-order valence-electron chi connectivity index (χ0n) is 15.0. The van der Waals surface area contributed by atoms with Gasteiger partial charge >= 0.3 is 12.0 Å². The van der Waals surface area contributed by atoms with E-state index in [4.69, 9.17) is 9.84 Å². The Kier molecular flexibility index (Phi) is 6.50. The second-order valence-corrected chi connectivity index (χ2v) is 7.35. The van der Waals surface area contributed by atoms with Gasteiger partial charge in [0.1, 0.15) is 0 Å². The zero-order valence-corrected chi connectivity index (χ0v) is 15.0. The van der Waals surface area contributed by atoms with E-state index in [9.17, 15) is 9.59 Å². The van der Waals surface area contributed by atoms with Crippen molar-refractivity contribution in [2.45, 2.75) is 50.7 Å². The van der Waals surface area contributed by atoms with Crippen molar-refractivity contribution in [1.29, 1.82) is 0 Å². The fraction of sp³-hybridized carbons (Fsp3) is 0.600. The molecule has 26 heavy (non-hydrogen) atoms. The van der Waals surface area contributed by atoms with Gasteiger partial charge in [0, 0.05) is 25.1 Å². The van der Waals surface area contributed by atoms with Crippen LogP contribution in [0.5, 0.6) is 0 Å². The molecule has 2 unspecified atom stereocenters. The highest BCUT2D eigenvalue weighted by molar-refractivity contribution is 5.74. The predicted molar refractivity (Wildman–Crippen MR) is 97.8 cm³/mol. The van der Waals surface area contributed by atoms with Crippen LogP contribution < -0.4 is 10.6 Å². The molecule has 6 heteroatoms. The number of benzene rings is 1. The van der Waals surface area contributed by atoms with Crippen LogP contribution in [0.15, 0.2) is 30.3 Å². The van der Waals surface area contributed by atoms with Crippen molar-refractivity contribution in [2.24, 2.45) is 11.8 Å². The standard InChI is InChI=1S/C20H28N2O4/c23-19(24)15-8-10-17(11-9-15)22-20(25)21-13-16-7-4-12-26-18(16)14-5-2-1-3-6-14/h1-3,5-6,15-18H,4,7-13H2,(H,23,24)(H2,21,22,25). The fourth-order valence-electron chi connectivity index (χ4n) is 4.01. The van der Waals surface area contributed by atoms with E-state index >= 15 is 0 Å². The Morgan fingerprint density at radius 1 is 1.08 bits per heavy atom. The minimum atomic E-state index is -0.725. The third-order valence-corrected chi connectivity index (χ3v) is 5.51. The van der Waals surface area contributed by atoms with Crippen LogP contribution in [-0.2, 0) is 9.53 Å². The van der Waals surface area contributed by atoms with Gasteiger partial charge in [-0.3, -0.25) is 4.79 Å². The molecule has 1 saturated heterocycles. The number of carboxylic acids is 1. The van der Waals surface area contributed by atoms with Crippen molar-refractivity contribution in [3.8, 4) is 0 Å². The molecule has 1 aromatic carbocycles. The smallest absolute Gasteiger partial charge is 0.315 e. The number of nitrogens with one attached hydrogen (secondary N) is 2. The van der Waals surface area contributed by atoms with Crippen molar-refractivity contribution in [3.63, 3.8) is 0 Å². The average molecular weight is 360 g/mol. The van der Waals surface area contributed by atoms with Crippen LogP contribution in [0.1, 0.15) is 50.2 Å². The summed E-state index contributed by atoms with van der Waals surface area (Å²) in [6.45, 7) is 1.34. The molecule has 1 aliphatic carbocycles. The Hall–Kier alpha value is -2.08. The van der Waals surface area contributed by atoms with Crippen molar-refractivity contribution in [3.05, 3.63) is 35.9 Å². The molecular formula is C20H28N2O4. The first-order chi connectivity index (χ1) is 12.6. The molecule has 0 spiro atoms. The van der Waals surface area contributed by atoms with Gasteiger partial charge in [0.2, 0.25) is 0 Å². The Morgan fingerprint density at radius 3 is 2.50 bits per heavy atom. The molecule has 1 saturated carbocycles. The molecular weight excluding hydrogens is 332 g/mol. The number of ether oxygens (including phenoxy) is 1. The van der Waals surface area contributed by atoms with E-state index in [1.165, 1.54) is 0 Å². The number of carboxylic acid groups (broad SMARTS) is 1. The summed E-state index contributed by atoms with van der Waals surface area (Å²) in [6.07, 6.45) is 4.78. The molecule has 0 bridgehead atoms. The van der Waals surface area contributed by atoms with E-state index in [0.29, 0.717) is 19.4 Å². The third kappa shape index (κ3) is 4.97. The molecule has 0 radical (unpaired) electrons. The highest BCUT2D eigenvalue weighted by Crippen LogP contribution is 2.33. The number of amides is 2. The van der Waals surface area contributed by atoms with Crippen molar-refractivity contribution in [1.82, 2.24) is 10.6 Å². The lowest BCUT2D eigenvalue weighted by molar-refractivity contribution is -0.142. The second-order valence-electron chi connectivity index (χ2n) is 7.35. The van der Waals surface area contributed by atoms with Crippen LogP contribution in [0.4, 0.5) is 4.79 Å². The lowest BCUT2D eigenvalue weighted by Crippen LogP contribution is -2.46. The van der Waals surface area contributed by atoms with E-state index in [1.807, 2.05) is 18.2 Å². The van der Waals surface area contributed by atoms with Crippen molar-refractivity contribution in [2.75, 3.05) is 13.2 Å². The number of aliphatic carboxylic acids is 1. The Morgan fingerprint density at radius 2 is 1.81 bits per heavy atom. The monoisotopic (exact) mass is 360 g/mol. The topological polar surface area (TPSA) is 87.7 Å². The lowest BCUT2D eigenvalue weighted by Gasteiger charge is -2.32. The molecule has 3 N–H and O–H groups in total. The first-order valence-corrected chi connectivity index (χ1v) is 9.57. The first kappa shape index (κ1) is 18.7. The molecule has 1 heterocycles. The van der Waals surface area contributed by atoms with E-state index in [1.54, 1.807) is 0 Å². The molecule has 2 aliphatic rings. The third-order valence-electron chi connectivity index (χ3n) is 5.51. The molecule has 142 valence electrons. The van der Waals surface area contributed by atoms with Gasteiger partial charge < -0.3 is 20.5 Å². The molecule has 3 rings (SSSR count). The van der Waals surface area contributed by atoms with Gasteiger partial charge in [-0.1, -0.05) is 30.3 Å². The summed E-state index contributed by atoms with van der Waals surface area (Å²) in [6, 6.07) is 10.1. The maximum absolute atomic E-state index is 12.2. The molecule has 2 atom stereocenters. The Balaban J connectivity index is 1.45. The molecule has 6 nitrogen and oxygen atoms in total. The van der Waals surface area contributed by atoms with Gasteiger partial charge in [0.05, 0.1) is 12.0 Å². The summed E-state index contributed by atoms with van der Waals surface area (Å²) in [5.41, 5.74) is 1.16. The number of carbonyl (C=O) groups excluding carboxylic acids is 1. The Labute approximate surface area is 154 Å². The van der Waals surface area contributed by atoms with Gasteiger partial charge in [0.15, 0.2) is 0 Å². The largest absolute Gasteiger partial charge is 0.481 e. The maximum atomic E-state index is 12.2. The minimum absolute atomic E-state index is 0.0243. The molecule has 0 aromatic heterocycles. The van der Waals surface area contributed by atoms with E-state index in [2.05, 4.69) is 22.8 Å². The van der Waals surface area contributed by atoms with Gasteiger partial charge in [-0.05, 0) is 44.1 Å². The summed E-state index contributed by atoms with van der Waals surface area (Å²) in [7, 11) is 0. The quantitative estimate of drug-likeness (QED) is 0.753. The lowest BCUT2D eigenvalue weighted by atomic mass is 9.86. The number of hydrogen-bond acceptors (Lipinski definition) is 3. The van der Waals surface area contributed by atoms with Gasteiger partial charge in [-0.15, -0.1) is 0 Å². The normalized spacial score (nSPS) is 28.9. The summed E-state index contributed by atoms with van der Waals surface area (Å²) in [4.78, 5) is 23.2. The SMILES string of the molecule is O=C(NCC1CCCOC1c1ccccc1)NC1CCC(C(=O)O)CC1. The van der Waals surface area contributed by atoms with Crippen LogP contribution in [0.2, 0.25) is 0 Å². The van der Waals surface area contributed by atoms with Crippen LogP contribution in [0.25, 0.3) is 0 Å². The minimum Gasteiger partial charge on any atom is -0.481 e. The molecule has 1 aromatic rings. The maximum Gasteiger partial charge on any atom is 0.315 e. The fourth-order valence-corrected chi connectivity index (χ4v) is 4.01. The zero-order chi connectivity index (χ0) is 18.4. The molecule has 2 fully saturated rings. The van der Waals surface area contributed by atoms with E-state index in [-0.39, 0.29) is 30.0 Å². The number of rotatable bonds is 5. The molecule has 1 aliphatic heterocycles. The van der Waals surface area contributed by atoms with Gasteiger partial charge in [-0.2, -0.15) is 0 Å². The first-order valence-electron chi connectivity index (χ1n) is 9.57. The number of carbonyl (C=O) groups is 2. The van der Waals surface area contributed by atoms with Crippen LogP contribution in [0.3, 0.4) is 0 Å². The van der Waals surface area contributed by atoms with Gasteiger partial charge in [-0.25, -0.2) is 4.79 Å². The van der Waals surface area contributed by atoms with Gasteiger partial charge in [0.25, 0.3) is 0 Å². The summed E-state index contributed by atoms with van der Waals surface area (Å²) < 4.78 is 5.97. The van der Waals surface area contributed by atoms with E-state index < -0.39 is 5.97 Å². The number of urea groups is 1. The summed E-state index contributed by atoms with van der Waals surface area (Å²) in [5.74, 6) is -0.723. The second kappa shape index (κ2) is 9.03. The summed E-state index contributed by atoms with van der Waals surface area (Å²) in [5, 5.41) is 15.0. The average Bonchev–Trinajstić information content (AvgIpc) is 2.68. The highest BCUT2D eigenvalue weighted by Gasteiger charge is 2.29. The van der Waals surface area contributed by atoms with Crippen molar-refractivity contribution < 1.29 is 19.4 Å².